The van der Waals surface area contributed by atoms with Crippen molar-refractivity contribution in [3.63, 3.8) is 0 Å². The zero-order valence-electron chi connectivity index (χ0n) is 10.4. The average molecular weight is 274 g/mol. The summed E-state index contributed by atoms with van der Waals surface area (Å²) in [6, 6.07) is 7.15. The quantitative estimate of drug-likeness (QED) is 0.679. The Morgan fingerprint density at radius 1 is 1.40 bits per heavy atom. The summed E-state index contributed by atoms with van der Waals surface area (Å²) in [5, 5.41) is 20.0. The summed E-state index contributed by atoms with van der Waals surface area (Å²) in [6.45, 7) is 1.74. The monoisotopic (exact) mass is 274 g/mol. The first-order valence-electron chi connectivity index (χ1n) is 5.60. The number of rotatable bonds is 4. The predicted molar refractivity (Wildman–Crippen MR) is 69.1 cm³/mol. The smallest absolute Gasteiger partial charge is 0.339 e. The van der Waals surface area contributed by atoms with E-state index in [-0.39, 0.29) is 22.9 Å². The van der Waals surface area contributed by atoms with Crippen molar-refractivity contribution in [1.29, 1.82) is 0 Å². The first kappa shape index (κ1) is 13.5. The molecule has 20 heavy (non-hydrogen) atoms. The number of carboxylic acids is 1. The van der Waals surface area contributed by atoms with Crippen LogP contribution in [0.3, 0.4) is 0 Å². The lowest BCUT2D eigenvalue weighted by Crippen LogP contribution is -2.02. The van der Waals surface area contributed by atoms with Crippen LogP contribution in [0.5, 0.6) is 11.6 Å². The molecule has 1 aromatic carbocycles. The molecule has 2 rings (SSSR count). The van der Waals surface area contributed by atoms with Gasteiger partial charge in [-0.25, -0.2) is 9.78 Å². The lowest BCUT2D eigenvalue weighted by atomic mass is 10.1. The minimum absolute atomic E-state index is 0.00454. The van der Waals surface area contributed by atoms with E-state index < -0.39 is 10.9 Å². The van der Waals surface area contributed by atoms with E-state index in [2.05, 4.69) is 4.98 Å². The third kappa shape index (κ3) is 2.72. The summed E-state index contributed by atoms with van der Waals surface area (Å²) in [7, 11) is 0. The zero-order valence-corrected chi connectivity index (χ0v) is 10.4. The molecular weight excluding hydrogens is 264 g/mol. The van der Waals surface area contributed by atoms with Crippen molar-refractivity contribution in [2.45, 2.75) is 6.92 Å². The molecule has 0 radical (unpaired) electrons. The highest BCUT2D eigenvalue weighted by Crippen LogP contribution is 2.30. The lowest BCUT2D eigenvalue weighted by molar-refractivity contribution is -0.386. The van der Waals surface area contributed by atoms with Gasteiger partial charge in [-0.1, -0.05) is 11.6 Å². The van der Waals surface area contributed by atoms with Crippen LogP contribution in [-0.4, -0.2) is 21.0 Å². The number of aryl methyl sites for hydroxylation is 1. The van der Waals surface area contributed by atoms with Gasteiger partial charge in [-0.2, -0.15) is 0 Å². The molecule has 0 saturated carbocycles. The number of nitrogens with zero attached hydrogens (tertiary/aromatic N) is 2. The van der Waals surface area contributed by atoms with E-state index in [0.717, 1.165) is 5.56 Å². The van der Waals surface area contributed by atoms with E-state index in [1.807, 2.05) is 0 Å². The summed E-state index contributed by atoms with van der Waals surface area (Å²) in [6.07, 6.45) is 1.33. The van der Waals surface area contributed by atoms with E-state index in [1.165, 1.54) is 30.5 Å². The molecule has 0 unspecified atom stereocenters. The number of carboxylic acid groups (broad SMARTS) is 1. The minimum Gasteiger partial charge on any atom is -0.478 e. The van der Waals surface area contributed by atoms with Gasteiger partial charge in [-0.15, -0.1) is 0 Å². The van der Waals surface area contributed by atoms with Crippen LogP contribution in [0.15, 0.2) is 36.5 Å². The van der Waals surface area contributed by atoms with Crippen molar-refractivity contribution in [3.8, 4) is 11.6 Å². The molecule has 0 saturated heterocycles. The summed E-state index contributed by atoms with van der Waals surface area (Å²) in [5.74, 6) is -1.42. The Hall–Kier alpha value is -2.96. The molecule has 7 nitrogen and oxygen atoms in total. The van der Waals surface area contributed by atoms with Gasteiger partial charge < -0.3 is 9.84 Å². The van der Waals surface area contributed by atoms with Crippen molar-refractivity contribution in [2.24, 2.45) is 0 Å². The maximum absolute atomic E-state index is 11.1. The normalized spacial score (nSPS) is 10.1. The molecule has 0 spiro atoms. The number of aromatic carboxylic acids is 1. The average Bonchev–Trinajstić information content (AvgIpc) is 2.41. The number of ether oxygens (including phenoxy) is 1. The standard InChI is InChI=1S/C13H10N2O5/c1-8-4-5-11(9(7-8)13(16)17)20-12-10(15(18)19)3-2-6-14-12/h2-7H,1H3,(H,16,17). The highest BCUT2D eigenvalue weighted by atomic mass is 16.6. The highest BCUT2D eigenvalue weighted by Gasteiger charge is 2.19. The van der Waals surface area contributed by atoms with Crippen molar-refractivity contribution in [1.82, 2.24) is 4.98 Å². The first-order valence-corrected chi connectivity index (χ1v) is 5.60. The third-order valence-corrected chi connectivity index (χ3v) is 2.52. The Morgan fingerprint density at radius 3 is 2.80 bits per heavy atom. The molecule has 7 heteroatoms. The largest absolute Gasteiger partial charge is 0.478 e. The summed E-state index contributed by atoms with van der Waals surface area (Å²) < 4.78 is 5.28. The van der Waals surface area contributed by atoms with Gasteiger partial charge in [0, 0.05) is 12.3 Å². The molecule has 102 valence electrons. The summed E-state index contributed by atoms with van der Waals surface area (Å²) >= 11 is 0. The molecule has 1 heterocycles. The fourth-order valence-electron chi connectivity index (χ4n) is 1.60. The van der Waals surface area contributed by atoms with Crippen molar-refractivity contribution in [2.75, 3.05) is 0 Å². The fourth-order valence-corrected chi connectivity index (χ4v) is 1.60. The van der Waals surface area contributed by atoms with Crippen LogP contribution in [0.2, 0.25) is 0 Å². The molecule has 0 aliphatic heterocycles. The van der Waals surface area contributed by atoms with Gasteiger partial charge in [0.1, 0.15) is 11.3 Å². The molecule has 2 aromatic rings. The predicted octanol–water partition coefficient (Wildman–Crippen LogP) is 2.79. The Labute approximate surface area is 113 Å². The molecular formula is C13H10N2O5. The van der Waals surface area contributed by atoms with Gasteiger partial charge in [0.15, 0.2) is 0 Å². The Bertz CT molecular complexity index is 684. The van der Waals surface area contributed by atoms with E-state index in [4.69, 9.17) is 9.84 Å². The fraction of sp³-hybridized carbons (Fsp3) is 0.0769. The number of pyridine rings is 1. The van der Waals surface area contributed by atoms with Crippen LogP contribution in [0.1, 0.15) is 15.9 Å². The second-order valence-electron chi connectivity index (χ2n) is 3.99. The topological polar surface area (TPSA) is 103 Å². The zero-order chi connectivity index (χ0) is 14.7. The maximum atomic E-state index is 11.1. The number of benzene rings is 1. The lowest BCUT2D eigenvalue weighted by Gasteiger charge is -2.08. The minimum atomic E-state index is -1.18. The Morgan fingerprint density at radius 2 is 2.15 bits per heavy atom. The van der Waals surface area contributed by atoms with Crippen molar-refractivity contribution < 1.29 is 19.6 Å². The maximum Gasteiger partial charge on any atom is 0.339 e. The SMILES string of the molecule is Cc1ccc(Oc2ncccc2[N+](=O)[O-])c(C(=O)O)c1. The van der Waals surface area contributed by atoms with Crippen molar-refractivity contribution >= 4 is 11.7 Å². The second kappa shape index (κ2) is 5.35. The number of hydrogen-bond acceptors (Lipinski definition) is 5. The number of carbonyl (C=O) groups is 1. The van der Waals surface area contributed by atoms with Crippen molar-refractivity contribution in [3.05, 3.63) is 57.8 Å². The Kier molecular flexibility index (Phi) is 3.60. The molecule has 0 aliphatic carbocycles. The third-order valence-electron chi connectivity index (χ3n) is 2.52. The molecule has 0 aliphatic rings. The van der Waals surface area contributed by atoms with E-state index in [9.17, 15) is 14.9 Å². The van der Waals surface area contributed by atoms with Gasteiger partial charge in [0.2, 0.25) is 0 Å². The second-order valence-corrected chi connectivity index (χ2v) is 3.99. The number of hydrogen-bond donors (Lipinski definition) is 1. The van der Waals surface area contributed by atoms with Gasteiger partial charge >= 0.3 is 11.7 Å². The number of nitro groups is 1. The van der Waals surface area contributed by atoms with Crippen LogP contribution in [0.25, 0.3) is 0 Å². The summed E-state index contributed by atoms with van der Waals surface area (Å²) in [4.78, 5) is 25.1. The molecule has 1 N–H and O–H groups in total. The van der Waals surface area contributed by atoms with Crippen LogP contribution in [0.4, 0.5) is 5.69 Å². The van der Waals surface area contributed by atoms with Gasteiger partial charge in [0.05, 0.1) is 4.92 Å². The highest BCUT2D eigenvalue weighted by molar-refractivity contribution is 5.91. The summed E-state index contributed by atoms with van der Waals surface area (Å²) in [5.41, 5.74) is 0.333. The van der Waals surface area contributed by atoms with E-state index >= 15 is 0 Å². The molecule has 0 bridgehead atoms. The Balaban J connectivity index is 2.45. The van der Waals surface area contributed by atoms with Gasteiger partial charge in [0.25, 0.3) is 5.88 Å². The van der Waals surface area contributed by atoms with Gasteiger partial charge in [-0.05, 0) is 25.1 Å². The molecule has 0 atom stereocenters. The van der Waals surface area contributed by atoms with Crippen LogP contribution >= 0.6 is 0 Å². The van der Waals surface area contributed by atoms with Crippen LogP contribution < -0.4 is 4.74 Å². The van der Waals surface area contributed by atoms with Gasteiger partial charge in [-0.3, -0.25) is 10.1 Å². The molecule has 1 aromatic heterocycles. The van der Waals surface area contributed by atoms with Crippen LogP contribution in [-0.2, 0) is 0 Å². The van der Waals surface area contributed by atoms with Crippen LogP contribution in [0, 0.1) is 17.0 Å². The first-order chi connectivity index (χ1) is 9.49. The number of aromatic nitrogens is 1. The molecule has 0 amide bonds. The van der Waals surface area contributed by atoms with E-state index in [0.29, 0.717) is 0 Å². The molecule has 0 fully saturated rings. The van der Waals surface area contributed by atoms with E-state index in [1.54, 1.807) is 13.0 Å².